The number of halogens is 2. The van der Waals surface area contributed by atoms with Gasteiger partial charge in [-0.15, -0.1) is 0 Å². The lowest BCUT2D eigenvalue weighted by molar-refractivity contribution is -0.149. The number of rotatable bonds is 5. The average Bonchev–Trinajstić information content (AvgIpc) is 3.04. The Morgan fingerprint density at radius 1 is 1.23 bits per heavy atom. The van der Waals surface area contributed by atoms with Crippen LogP contribution in [0, 0.1) is 5.92 Å². The molecule has 1 aromatic rings. The Morgan fingerprint density at radius 2 is 2.00 bits per heavy atom. The third kappa shape index (κ3) is 5.15. The number of fused-ring (bicyclic) bond motifs is 3. The fraction of sp³-hybridized carbons (Fsp3) is 0.750. The largest absolute Gasteiger partial charge is 0.493 e. The second kappa shape index (κ2) is 8.49. The first-order valence-electron chi connectivity index (χ1n) is 11.4. The molecule has 2 fully saturated rings. The molecule has 0 spiro atoms. The van der Waals surface area contributed by atoms with Crippen LogP contribution in [0.2, 0.25) is 0 Å². The van der Waals surface area contributed by atoms with Gasteiger partial charge in [0.25, 0.3) is 0 Å². The van der Waals surface area contributed by atoms with Crippen LogP contribution in [0.5, 0.6) is 11.5 Å². The second-order valence-corrected chi connectivity index (χ2v) is 10.3. The summed E-state index contributed by atoms with van der Waals surface area (Å²) < 4.78 is 44.6. The Bertz CT molecular complexity index is 795. The number of hydrogen-bond donors (Lipinski definition) is 1. The normalized spacial score (nSPS) is 30.5. The van der Waals surface area contributed by atoms with Crippen molar-refractivity contribution in [2.75, 3.05) is 26.8 Å². The van der Waals surface area contributed by atoms with Gasteiger partial charge in [-0.1, -0.05) is 0 Å². The molecule has 2 aliphatic heterocycles. The zero-order valence-electron chi connectivity index (χ0n) is 19.0. The summed E-state index contributed by atoms with van der Waals surface area (Å²) in [6.45, 7) is 7.89. The number of nitrogens with zero attached hydrogens (tertiary/aromatic N) is 1. The molecule has 0 aromatic heterocycles. The molecule has 1 saturated heterocycles. The highest BCUT2D eigenvalue weighted by atomic mass is 19.3. The quantitative estimate of drug-likeness (QED) is 0.739. The number of methoxy groups -OCH3 is 1. The van der Waals surface area contributed by atoms with Crippen LogP contribution >= 0.6 is 0 Å². The van der Waals surface area contributed by atoms with Crippen molar-refractivity contribution in [1.29, 1.82) is 0 Å². The summed E-state index contributed by atoms with van der Waals surface area (Å²) in [5, 5.41) is 10.8. The van der Waals surface area contributed by atoms with Crippen molar-refractivity contribution in [3.63, 3.8) is 0 Å². The van der Waals surface area contributed by atoms with Crippen LogP contribution in [0.25, 0.3) is 0 Å². The zero-order valence-corrected chi connectivity index (χ0v) is 19.0. The summed E-state index contributed by atoms with van der Waals surface area (Å²) in [6, 6.07) is 4.11. The van der Waals surface area contributed by atoms with Crippen LogP contribution < -0.4 is 9.47 Å². The van der Waals surface area contributed by atoms with Gasteiger partial charge in [-0.25, -0.2) is 8.78 Å². The second-order valence-electron chi connectivity index (χ2n) is 10.3. The van der Waals surface area contributed by atoms with Gasteiger partial charge < -0.3 is 19.3 Å². The van der Waals surface area contributed by atoms with E-state index in [1.54, 1.807) is 7.11 Å². The molecule has 31 heavy (non-hydrogen) atoms. The van der Waals surface area contributed by atoms with E-state index in [9.17, 15) is 13.9 Å². The topological polar surface area (TPSA) is 51.2 Å². The predicted molar refractivity (Wildman–Crippen MR) is 114 cm³/mol. The first-order chi connectivity index (χ1) is 14.5. The Hall–Kier alpha value is -1.44. The van der Waals surface area contributed by atoms with Crippen LogP contribution in [0.1, 0.15) is 63.6 Å². The SMILES string of the molecule is COc1cc2c(cc1OCC1CCC(F)(F)C1)CCN1CC(OC(C)(C)C)C(O)CC21. The number of aliphatic hydroxyl groups is 1. The molecule has 1 N–H and O–H groups in total. The summed E-state index contributed by atoms with van der Waals surface area (Å²) in [6.07, 6.45) is 1.08. The summed E-state index contributed by atoms with van der Waals surface area (Å²) >= 11 is 0. The number of hydrogen-bond acceptors (Lipinski definition) is 5. The van der Waals surface area contributed by atoms with Crippen molar-refractivity contribution in [3.05, 3.63) is 23.3 Å². The Balaban J connectivity index is 1.48. The maximum Gasteiger partial charge on any atom is 0.248 e. The fourth-order valence-corrected chi connectivity index (χ4v) is 5.22. The maximum atomic E-state index is 13.5. The molecule has 7 heteroatoms. The molecule has 4 rings (SSSR count). The minimum Gasteiger partial charge on any atom is -0.493 e. The van der Waals surface area contributed by atoms with E-state index in [1.807, 2.05) is 32.9 Å². The highest BCUT2D eigenvalue weighted by Gasteiger charge is 2.41. The molecule has 174 valence electrons. The Labute approximate surface area is 183 Å². The first kappa shape index (κ1) is 22.7. The number of ether oxygens (including phenoxy) is 3. The fourth-order valence-electron chi connectivity index (χ4n) is 5.22. The molecular formula is C24H35F2NO4. The summed E-state index contributed by atoms with van der Waals surface area (Å²) in [5.41, 5.74) is 2.03. The minimum atomic E-state index is -2.56. The number of alkyl halides is 2. The molecule has 3 aliphatic rings. The van der Waals surface area contributed by atoms with E-state index < -0.39 is 12.0 Å². The predicted octanol–water partition coefficient (Wildman–Crippen LogP) is 4.36. The van der Waals surface area contributed by atoms with Gasteiger partial charge in [-0.05, 0) is 69.2 Å². The molecule has 1 aliphatic carbocycles. The van der Waals surface area contributed by atoms with Crippen LogP contribution in [0.15, 0.2) is 12.1 Å². The van der Waals surface area contributed by atoms with Gasteiger partial charge in [-0.3, -0.25) is 4.90 Å². The van der Waals surface area contributed by atoms with Crippen molar-refractivity contribution in [2.45, 2.75) is 82.6 Å². The van der Waals surface area contributed by atoms with E-state index in [0.717, 1.165) is 18.5 Å². The smallest absolute Gasteiger partial charge is 0.248 e. The molecule has 1 saturated carbocycles. The van der Waals surface area contributed by atoms with Gasteiger partial charge in [0, 0.05) is 32.0 Å². The van der Waals surface area contributed by atoms with Crippen molar-refractivity contribution < 1.29 is 28.1 Å². The standard InChI is InChI=1S/C24H35F2NO4/c1-23(2,3)31-22-13-27-8-6-16-9-21(30-14-15-5-7-24(25,26)12-15)20(29-4)10-17(16)18(27)11-19(22)28/h9-10,15,18-19,22,28H,5-8,11-14H2,1-4H3. The van der Waals surface area contributed by atoms with E-state index in [1.165, 1.54) is 5.56 Å². The van der Waals surface area contributed by atoms with E-state index >= 15 is 0 Å². The van der Waals surface area contributed by atoms with Gasteiger partial charge in [0.1, 0.15) is 0 Å². The lowest BCUT2D eigenvalue weighted by Crippen LogP contribution is -2.53. The molecular weight excluding hydrogens is 404 g/mol. The van der Waals surface area contributed by atoms with E-state index in [-0.39, 0.29) is 43.1 Å². The van der Waals surface area contributed by atoms with Gasteiger partial charge in [0.05, 0.1) is 31.5 Å². The number of aliphatic hydroxyl groups excluding tert-OH is 1. The molecule has 0 amide bonds. The number of piperidine rings is 1. The minimum absolute atomic E-state index is 0.0535. The molecule has 1 aromatic carbocycles. The molecule has 0 bridgehead atoms. The lowest BCUT2D eigenvalue weighted by Gasteiger charge is -2.46. The van der Waals surface area contributed by atoms with Gasteiger partial charge in [0.15, 0.2) is 11.5 Å². The Kier molecular flexibility index (Phi) is 6.23. The van der Waals surface area contributed by atoms with Crippen molar-refractivity contribution in [1.82, 2.24) is 4.90 Å². The third-order valence-electron chi connectivity index (χ3n) is 6.69. The highest BCUT2D eigenvalue weighted by molar-refractivity contribution is 5.49. The van der Waals surface area contributed by atoms with Crippen molar-refractivity contribution >= 4 is 0 Å². The molecule has 4 atom stereocenters. The third-order valence-corrected chi connectivity index (χ3v) is 6.69. The monoisotopic (exact) mass is 439 g/mol. The van der Waals surface area contributed by atoms with E-state index in [0.29, 0.717) is 30.9 Å². The number of benzene rings is 1. The molecule has 4 unspecified atom stereocenters. The molecule has 0 radical (unpaired) electrons. The van der Waals surface area contributed by atoms with Gasteiger partial charge >= 0.3 is 0 Å². The summed E-state index contributed by atoms with van der Waals surface area (Å²) in [4.78, 5) is 2.38. The highest BCUT2D eigenvalue weighted by Crippen LogP contribution is 2.44. The van der Waals surface area contributed by atoms with Crippen molar-refractivity contribution in [3.8, 4) is 11.5 Å². The molecule has 5 nitrogen and oxygen atoms in total. The van der Waals surface area contributed by atoms with E-state index in [2.05, 4.69) is 4.90 Å². The van der Waals surface area contributed by atoms with Gasteiger partial charge in [-0.2, -0.15) is 0 Å². The van der Waals surface area contributed by atoms with Crippen molar-refractivity contribution in [2.24, 2.45) is 5.92 Å². The van der Waals surface area contributed by atoms with Crippen LogP contribution in [-0.4, -0.2) is 60.5 Å². The summed E-state index contributed by atoms with van der Waals surface area (Å²) in [5.74, 6) is -1.45. The van der Waals surface area contributed by atoms with Crippen LogP contribution in [0.3, 0.4) is 0 Å². The summed E-state index contributed by atoms with van der Waals surface area (Å²) in [7, 11) is 1.60. The van der Waals surface area contributed by atoms with Crippen LogP contribution in [-0.2, 0) is 11.2 Å². The first-order valence-corrected chi connectivity index (χ1v) is 11.4. The van der Waals surface area contributed by atoms with Gasteiger partial charge in [0.2, 0.25) is 5.92 Å². The Morgan fingerprint density at radius 3 is 2.65 bits per heavy atom. The average molecular weight is 440 g/mol. The molecule has 2 heterocycles. The zero-order chi connectivity index (χ0) is 22.4. The van der Waals surface area contributed by atoms with Crippen LogP contribution in [0.4, 0.5) is 8.78 Å². The lowest BCUT2D eigenvalue weighted by atomic mass is 9.84. The maximum absolute atomic E-state index is 13.5. The van der Waals surface area contributed by atoms with E-state index in [4.69, 9.17) is 14.2 Å².